The lowest BCUT2D eigenvalue weighted by Crippen LogP contribution is -2.44. The maximum absolute atomic E-state index is 14.0. The van der Waals surface area contributed by atoms with Crippen LogP contribution in [0, 0.1) is 13.8 Å². The van der Waals surface area contributed by atoms with Crippen LogP contribution in [0.1, 0.15) is 48.8 Å². The molecule has 184 valence electrons. The van der Waals surface area contributed by atoms with E-state index in [0.29, 0.717) is 11.4 Å². The van der Waals surface area contributed by atoms with E-state index in [9.17, 15) is 14.4 Å². The van der Waals surface area contributed by atoms with Crippen molar-refractivity contribution in [2.75, 3.05) is 10.6 Å². The standard InChI is InChI=1S/C26H25N5O4S/c1-15-8-6-7-11-18(15)31(26(34)23-20(27)21(24(28)32)30-36-23)22(19-13-12-16(2)35-19)25(33)29-14-17-9-4-3-5-10-17/h3-13,22H,14,27H2,1-2H3,(H2,28,32)(H,29,33)/t22-/m1/s1. The summed E-state index contributed by atoms with van der Waals surface area (Å²) >= 11 is 0.752. The number of primary amides is 1. The maximum atomic E-state index is 14.0. The quantitative estimate of drug-likeness (QED) is 0.334. The van der Waals surface area contributed by atoms with Crippen LogP contribution in [-0.4, -0.2) is 22.1 Å². The van der Waals surface area contributed by atoms with E-state index in [1.165, 1.54) is 4.90 Å². The van der Waals surface area contributed by atoms with Gasteiger partial charge in [-0.1, -0.05) is 48.5 Å². The Labute approximate surface area is 211 Å². The van der Waals surface area contributed by atoms with Gasteiger partial charge in [0.15, 0.2) is 11.7 Å². The normalized spacial score (nSPS) is 11.6. The van der Waals surface area contributed by atoms with Gasteiger partial charge in [0.05, 0.1) is 5.69 Å². The number of nitrogens with one attached hydrogen (secondary N) is 1. The van der Waals surface area contributed by atoms with Gasteiger partial charge in [-0.25, -0.2) is 0 Å². The molecule has 0 saturated carbocycles. The molecule has 3 amide bonds. The van der Waals surface area contributed by atoms with E-state index in [1.807, 2.05) is 49.4 Å². The van der Waals surface area contributed by atoms with E-state index in [0.717, 1.165) is 22.7 Å². The molecule has 1 atom stereocenters. The number of anilines is 2. The first-order valence-corrected chi connectivity index (χ1v) is 11.9. The molecular weight excluding hydrogens is 478 g/mol. The number of aromatic nitrogens is 1. The molecule has 0 unspecified atom stereocenters. The first-order chi connectivity index (χ1) is 17.3. The highest BCUT2D eigenvalue weighted by Gasteiger charge is 2.38. The number of nitrogen functional groups attached to an aromatic ring is 1. The first-order valence-electron chi connectivity index (χ1n) is 11.1. The smallest absolute Gasteiger partial charge is 0.273 e. The van der Waals surface area contributed by atoms with Crippen LogP contribution in [0.25, 0.3) is 0 Å². The SMILES string of the molecule is Cc1ccc([C@H](C(=O)NCc2ccccc2)N(C(=O)c2snc(C(N)=O)c2N)c2ccccc2C)o1. The molecule has 0 aliphatic carbocycles. The average molecular weight is 504 g/mol. The number of para-hydroxylation sites is 1. The highest BCUT2D eigenvalue weighted by Crippen LogP contribution is 2.35. The third-order valence-corrected chi connectivity index (χ3v) is 6.45. The van der Waals surface area contributed by atoms with Gasteiger partial charge >= 0.3 is 0 Å². The molecule has 0 radical (unpaired) electrons. The number of hydrogen-bond donors (Lipinski definition) is 3. The predicted molar refractivity (Wildman–Crippen MR) is 138 cm³/mol. The Hall–Kier alpha value is -4.44. The lowest BCUT2D eigenvalue weighted by Gasteiger charge is -2.30. The summed E-state index contributed by atoms with van der Waals surface area (Å²) in [5, 5.41) is 2.91. The van der Waals surface area contributed by atoms with Crippen molar-refractivity contribution in [2.24, 2.45) is 5.73 Å². The lowest BCUT2D eigenvalue weighted by atomic mass is 10.1. The monoisotopic (exact) mass is 503 g/mol. The molecule has 0 aliphatic rings. The van der Waals surface area contributed by atoms with E-state index in [1.54, 1.807) is 31.2 Å². The second-order valence-corrected chi connectivity index (χ2v) is 8.93. The van der Waals surface area contributed by atoms with Crippen molar-refractivity contribution in [1.29, 1.82) is 0 Å². The van der Waals surface area contributed by atoms with Gasteiger partial charge < -0.3 is 21.2 Å². The van der Waals surface area contributed by atoms with Crippen LogP contribution in [0.4, 0.5) is 11.4 Å². The summed E-state index contributed by atoms with van der Waals surface area (Å²) in [5.41, 5.74) is 13.2. The lowest BCUT2D eigenvalue weighted by molar-refractivity contribution is -0.123. The number of rotatable bonds is 8. The molecule has 2 heterocycles. The fourth-order valence-electron chi connectivity index (χ4n) is 3.79. The predicted octanol–water partition coefficient (Wildman–Crippen LogP) is 3.74. The van der Waals surface area contributed by atoms with Crippen LogP contribution < -0.4 is 21.7 Å². The van der Waals surface area contributed by atoms with Gasteiger partial charge in [0.1, 0.15) is 16.4 Å². The summed E-state index contributed by atoms with van der Waals surface area (Å²) < 4.78 is 9.81. The van der Waals surface area contributed by atoms with E-state index in [4.69, 9.17) is 15.9 Å². The maximum Gasteiger partial charge on any atom is 0.273 e. The van der Waals surface area contributed by atoms with Crippen molar-refractivity contribution in [3.63, 3.8) is 0 Å². The van der Waals surface area contributed by atoms with Gasteiger partial charge in [-0.05, 0) is 54.7 Å². The number of nitrogens with two attached hydrogens (primary N) is 2. The number of carbonyl (C=O) groups excluding carboxylic acids is 3. The van der Waals surface area contributed by atoms with Gasteiger partial charge in [0.2, 0.25) is 0 Å². The molecule has 4 rings (SSSR count). The van der Waals surface area contributed by atoms with Crippen LogP contribution in [-0.2, 0) is 11.3 Å². The first kappa shape index (κ1) is 24.7. The highest BCUT2D eigenvalue weighted by atomic mass is 32.1. The molecular formula is C26H25N5O4S. The van der Waals surface area contributed by atoms with Gasteiger partial charge in [0.25, 0.3) is 17.7 Å². The number of amides is 3. The van der Waals surface area contributed by atoms with Crippen molar-refractivity contribution >= 4 is 40.6 Å². The fourth-order valence-corrected chi connectivity index (χ4v) is 4.54. The summed E-state index contributed by atoms with van der Waals surface area (Å²) in [6.07, 6.45) is 0. The molecule has 0 bridgehead atoms. The zero-order chi connectivity index (χ0) is 25.8. The summed E-state index contributed by atoms with van der Waals surface area (Å²) in [6.45, 7) is 3.83. The van der Waals surface area contributed by atoms with Crippen molar-refractivity contribution in [2.45, 2.75) is 26.4 Å². The zero-order valence-electron chi connectivity index (χ0n) is 19.7. The number of furan rings is 1. The van der Waals surface area contributed by atoms with E-state index < -0.39 is 23.8 Å². The van der Waals surface area contributed by atoms with Gasteiger partial charge in [-0.15, -0.1) is 0 Å². The third-order valence-electron chi connectivity index (χ3n) is 5.60. The van der Waals surface area contributed by atoms with Crippen LogP contribution in [0.3, 0.4) is 0 Å². The van der Waals surface area contributed by atoms with Crippen LogP contribution in [0.5, 0.6) is 0 Å². The Balaban J connectivity index is 1.82. The summed E-state index contributed by atoms with van der Waals surface area (Å²) in [5.74, 6) is -1.06. The second kappa shape index (κ2) is 10.4. The Bertz CT molecular complexity index is 1410. The van der Waals surface area contributed by atoms with Crippen molar-refractivity contribution in [1.82, 2.24) is 9.69 Å². The topological polar surface area (TPSA) is 145 Å². The molecule has 10 heteroatoms. The molecule has 0 fully saturated rings. The molecule has 0 spiro atoms. The number of benzene rings is 2. The van der Waals surface area contributed by atoms with Gasteiger partial charge in [0, 0.05) is 12.2 Å². The number of aryl methyl sites for hydroxylation is 2. The molecule has 36 heavy (non-hydrogen) atoms. The van der Waals surface area contributed by atoms with Crippen molar-refractivity contribution in [3.05, 3.63) is 99.9 Å². The van der Waals surface area contributed by atoms with E-state index >= 15 is 0 Å². The Morgan fingerprint density at radius 3 is 2.33 bits per heavy atom. The minimum Gasteiger partial charge on any atom is -0.464 e. The summed E-state index contributed by atoms with van der Waals surface area (Å²) in [6, 6.07) is 18.8. The summed E-state index contributed by atoms with van der Waals surface area (Å²) in [4.78, 5) is 40.7. The largest absolute Gasteiger partial charge is 0.464 e. The molecule has 4 aromatic rings. The minimum absolute atomic E-state index is 0.00353. The minimum atomic E-state index is -1.17. The molecule has 2 aromatic heterocycles. The van der Waals surface area contributed by atoms with E-state index in [2.05, 4.69) is 9.69 Å². The van der Waals surface area contributed by atoms with Crippen LogP contribution in [0.2, 0.25) is 0 Å². The van der Waals surface area contributed by atoms with Gasteiger partial charge in [-0.2, -0.15) is 4.37 Å². The molecule has 5 N–H and O–H groups in total. The second-order valence-electron chi connectivity index (χ2n) is 8.15. The van der Waals surface area contributed by atoms with Crippen molar-refractivity contribution < 1.29 is 18.8 Å². The average Bonchev–Trinajstić information content (AvgIpc) is 3.47. The Morgan fingerprint density at radius 1 is 1.03 bits per heavy atom. The number of nitrogens with zero attached hydrogens (tertiary/aromatic N) is 2. The molecule has 9 nitrogen and oxygen atoms in total. The van der Waals surface area contributed by atoms with Crippen molar-refractivity contribution in [3.8, 4) is 0 Å². The molecule has 2 aromatic carbocycles. The number of carbonyl (C=O) groups is 3. The Morgan fingerprint density at radius 2 is 1.72 bits per heavy atom. The van der Waals surface area contributed by atoms with Gasteiger partial charge in [-0.3, -0.25) is 19.3 Å². The molecule has 0 aliphatic heterocycles. The third kappa shape index (κ3) is 4.98. The fraction of sp³-hybridized carbons (Fsp3) is 0.154. The van der Waals surface area contributed by atoms with Crippen LogP contribution >= 0.6 is 11.5 Å². The number of hydrogen-bond acceptors (Lipinski definition) is 7. The summed E-state index contributed by atoms with van der Waals surface area (Å²) in [7, 11) is 0. The Kier molecular flexibility index (Phi) is 7.16. The zero-order valence-corrected chi connectivity index (χ0v) is 20.5. The van der Waals surface area contributed by atoms with E-state index in [-0.39, 0.29) is 28.6 Å². The van der Waals surface area contributed by atoms with Crippen LogP contribution in [0.15, 0.2) is 71.1 Å². The highest BCUT2D eigenvalue weighted by molar-refractivity contribution is 7.09. The molecule has 0 saturated heterocycles.